The number of fused-ring (bicyclic) bond motifs is 2. The van der Waals surface area contributed by atoms with Crippen molar-refractivity contribution in [1.82, 2.24) is 9.78 Å². The van der Waals surface area contributed by atoms with Crippen molar-refractivity contribution in [2.45, 2.75) is 50.6 Å². The minimum absolute atomic E-state index is 0.0197. The molecule has 1 fully saturated rings. The largest absolute Gasteiger partial charge is 0.462 e. The van der Waals surface area contributed by atoms with Crippen molar-refractivity contribution in [3.63, 3.8) is 0 Å². The number of aromatic nitrogens is 2. The molecule has 0 bridgehead atoms. The van der Waals surface area contributed by atoms with Crippen LogP contribution in [-0.4, -0.2) is 22.4 Å². The zero-order valence-corrected chi connectivity index (χ0v) is 14.0. The van der Waals surface area contributed by atoms with Gasteiger partial charge in [0, 0.05) is 0 Å². The van der Waals surface area contributed by atoms with Gasteiger partial charge in [0.1, 0.15) is 11.4 Å². The Labute approximate surface area is 142 Å². The fourth-order valence-corrected chi connectivity index (χ4v) is 4.22. The molecule has 1 unspecified atom stereocenters. The first kappa shape index (κ1) is 15.2. The first-order valence-corrected chi connectivity index (χ1v) is 8.81. The summed E-state index contributed by atoms with van der Waals surface area (Å²) in [6.07, 6.45) is 7.34. The normalized spacial score (nSPS) is 21.3. The Hall–Kier alpha value is -2.30. The molecule has 2 aromatic rings. The summed E-state index contributed by atoms with van der Waals surface area (Å²) in [5.41, 5.74) is 1.82. The lowest BCUT2D eigenvalue weighted by molar-refractivity contribution is 0.0527. The molecule has 0 amide bonds. The molecule has 1 aromatic heterocycles. The highest BCUT2D eigenvalue weighted by molar-refractivity contribution is 5.94. The number of anilines is 1. The highest BCUT2D eigenvalue weighted by atomic mass is 16.5. The molecule has 4 rings (SSSR count). The molecular weight excluding hydrogens is 302 g/mol. The van der Waals surface area contributed by atoms with Crippen LogP contribution in [0.15, 0.2) is 36.5 Å². The van der Waals surface area contributed by atoms with Gasteiger partial charge in [-0.15, -0.1) is 0 Å². The van der Waals surface area contributed by atoms with Gasteiger partial charge in [-0.3, -0.25) is 0 Å². The van der Waals surface area contributed by atoms with E-state index in [0.717, 1.165) is 25.1 Å². The van der Waals surface area contributed by atoms with Crippen molar-refractivity contribution < 1.29 is 9.53 Å². The van der Waals surface area contributed by atoms with Crippen molar-refractivity contribution in [1.29, 1.82) is 0 Å². The molecule has 1 N–H and O–H groups in total. The third-order valence-corrected chi connectivity index (χ3v) is 5.35. The first-order chi connectivity index (χ1) is 11.7. The van der Waals surface area contributed by atoms with Crippen molar-refractivity contribution in [3.05, 3.63) is 47.7 Å². The van der Waals surface area contributed by atoms with E-state index in [4.69, 9.17) is 4.74 Å². The summed E-state index contributed by atoms with van der Waals surface area (Å²) in [4.78, 5) is 12.3. The number of esters is 1. The van der Waals surface area contributed by atoms with Gasteiger partial charge in [0.2, 0.25) is 0 Å². The van der Waals surface area contributed by atoms with Gasteiger partial charge in [0.25, 0.3) is 0 Å². The number of nitrogens with one attached hydrogen (secondary N) is 1. The molecule has 1 saturated carbocycles. The summed E-state index contributed by atoms with van der Waals surface area (Å²) in [6.45, 7) is 2.20. The maximum atomic E-state index is 12.3. The predicted octanol–water partition coefficient (Wildman–Crippen LogP) is 3.89. The summed E-state index contributed by atoms with van der Waals surface area (Å²) < 4.78 is 7.27. The van der Waals surface area contributed by atoms with Crippen LogP contribution in [0, 0.1) is 0 Å². The van der Waals surface area contributed by atoms with Crippen LogP contribution in [0.5, 0.6) is 0 Å². The van der Waals surface area contributed by atoms with E-state index >= 15 is 0 Å². The highest BCUT2D eigenvalue weighted by Crippen LogP contribution is 2.48. The average molecular weight is 325 g/mol. The minimum Gasteiger partial charge on any atom is -0.462 e. The standard InChI is InChI=1S/C19H23N3O2/c1-2-24-18(23)15-13-20-22-17(15)21-16(14-8-4-3-5-9-14)12-19(22)10-6-7-11-19/h3-5,8-9,13,16,21H,2,6-7,10-12H2,1H3. The van der Waals surface area contributed by atoms with Gasteiger partial charge in [-0.1, -0.05) is 43.2 Å². The number of carbonyl (C=O) groups excluding carboxylic acids is 1. The second-order valence-electron chi connectivity index (χ2n) is 6.78. The van der Waals surface area contributed by atoms with Gasteiger partial charge in [-0.05, 0) is 31.7 Å². The van der Waals surface area contributed by atoms with Crippen molar-refractivity contribution >= 4 is 11.8 Å². The predicted molar refractivity (Wildman–Crippen MR) is 92.0 cm³/mol. The monoisotopic (exact) mass is 325 g/mol. The van der Waals surface area contributed by atoms with E-state index in [1.54, 1.807) is 6.20 Å². The molecule has 24 heavy (non-hydrogen) atoms. The summed E-state index contributed by atoms with van der Waals surface area (Å²) in [7, 11) is 0. The van der Waals surface area contributed by atoms with Crippen LogP contribution in [-0.2, 0) is 10.3 Å². The lowest BCUT2D eigenvalue weighted by Crippen LogP contribution is -2.40. The van der Waals surface area contributed by atoms with Crippen LogP contribution in [0.4, 0.5) is 5.82 Å². The quantitative estimate of drug-likeness (QED) is 0.870. The van der Waals surface area contributed by atoms with Crippen LogP contribution in [0.3, 0.4) is 0 Å². The second kappa shape index (κ2) is 5.96. The van der Waals surface area contributed by atoms with Crippen LogP contribution < -0.4 is 5.32 Å². The van der Waals surface area contributed by atoms with E-state index in [1.807, 2.05) is 13.0 Å². The van der Waals surface area contributed by atoms with E-state index in [-0.39, 0.29) is 17.6 Å². The molecule has 1 spiro atoms. The molecule has 5 nitrogen and oxygen atoms in total. The molecule has 0 saturated heterocycles. The number of carbonyl (C=O) groups is 1. The van der Waals surface area contributed by atoms with Crippen LogP contribution >= 0.6 is 0 Å². The number of hydrogen-bond donors (Lipinski definition) is 1. The lowest BCUT2D eigenvalue weighted by atomic mass is 9.84. The third-order valence-electron chi connectivity index (χ3n) is 5.35. The number of benzene rings is 1. The zero-order chi connectivity index (χ0) is 16.6. The molecule has 2 aliphatic rings. The van der Waals surface area contributed by atoms with Crippen molar-refractivity contribution in [2.75, 3.05) is 11.9 Å². The molecule has 1 atom stereocenters. The number of rotatable bonds is 3. The fourth-order valence-electron chi connectivity index (χ4n) is 4.22. The van der Waals surface area contributed by atoms with Crippen molar-refractivity contribution in [3.8, 4) is 0 Å². The minimum atomic E-state index is -0.298. The Morgan fingerprint density at radius 3 is 2.79 bits per heavy atom. The molecule has 1 aliphatic carbocycles. The van der Waals surface area contributed by atoms with Gasteiger partial charge in [0.15, 0.2) is 0 Å². The van der Waals surface area contributed by atoms with Crippen molar-refractivity contribution in [2.24, 2.45) is 0 Å². The summed E-state index contributed by atoms with van der Waals surface area (Å²) in [6, 6.07) is 10.7. The Kier molecular flexibility index (Phi) is 3.79. The summed E-state index contributed by atoms with van der Waals surface area (Å²) in [5, 5.41) is 8.13. The fraction of sp³-hybridized carbons (Fsp3) is 0.474. The van der Waals surface area contributed by atoms with Gasteiger partial charge in [-0.2, -0.15) is 5.10 Å². The molecule has 5 heteroatoms. The highest BCUT2D eigenvalue weighted by Gasteiger charge is 2.44. The third kappa shape index (κ3) is 2.39. The average Bonchev–Trinajstić information content (AvgIpc) is 3.24. The Bertz CT molecular complexity index is 732. The van der Waals surface area contributed by atoms with Crippen LogP contribution in [0.25, 0.3) is 0 Å². The number of nitrogens with zero attached hydrogens (tertiary/aromatic N) is 2. The summed E-state index contributed by atoms with van der Waals surface area (Å²) >= 11 is 0. The first-order valence-electron chi connectivity index (χ1n) is 8.81. The molecule has 1 aromatic carbocycles. The maximum Gasteiger partial charge on any atom is 0.343 e. The zero-order valence-electron chi connectivity index (χ0n) is 14.0. The van der Waals surface area contributed by atoms with E-state index in [2.05, 4.69) is 39.4 Å². The van der Waals surface area contributed by atoms with Gasteiger partial charge in [0.05, 0.1) is 24.4 Å². The molecular formula is C19H23N3O2. The van der Waals surface area contributed by atoms with E-state index < -0.39 is 0 Å². The van der Waals surface area contributed by atoms with Gasteiger partial charge in [-0.25, -0.2) is 9.48 Å². The molecule has 0 radical (unpaired) electrons. The smallest absolute Gasteiger partial charge is 0.343 e. The number of hydrogen-bond acceptors (Lipinski definition) is 4. The van der Waals surface area contributed by atoms with E-state index in [1.165, 1.54) is 18.4 Å². The van der Waals surface area contributed by atoms with Crippen LogP contribution in [0.1, 0.15) is 61.0 Å². The van der Waals surface area contributed by atoms with Gasteiger partial charge >= 0.3 is 5.97 Å². The lowest BCUT2D eigenvalue weighted by Gasteiger charge is -2.40. The molecule has 126 valence electrons. The van der Waals surface area contributed by atoms with Gasteiger partial charge < -0.3 is 10.1 Å². The Balaban J connectivity index is 1.77. The van der Waals surface area contributed by atoms with E-state index in [9.17, 15) is 4.79 Å². The van der Waals surface area contributed by atoms with E-state index in [0.29, 0.717) is 12.2 Å². The van der Waals surface area contributed by atoms with Crippen LogP contribution in [0.2, 0.25) is 0 Å². The molecule has 1 aliphatic heterocycles. The second-order valence-corrected chi connectivity index (χ2v) is 6.78. The summed E-state index contributed by atoms with van der Waals surface area (Å²) in [5.74, 6) is 0.517. The molecule has 2 heterocycles. The Morgan fingerprint density at radius 2 is 2.08 bits per heavy atom. The SMILES string of the molecule is CCOC(=O)c1cnn2c1NC(c1ccccc1)CC21CCCC1. The topological polar surface area (TPSA) is 56.1 Å². The Morgan fingerprint density at radius 1 is 1.33 bits per heavy atom. The maximum absolute atomic E-state index is 12.3. The number of ether oxygens (including phenoxy) is 1.